The van der Waals surface area contributed by atoms with Crippen LogP contribution in [-0.4, -0.2) is 64.4 Å². The smallest absolute Gasteiger partial charge is 0.225 e. The second kappa shape index (κ2) is 15.5. The number of aromatic hydroxyl groups is 1. The molecule has 0 saturated carbocycles. The maximum atomic E-state index is 9.09. The lowest BCUT2D eigenvalue weighted by molar-refractivity contribution is 0.188. The van der Waals surface area contributed by atoms with Crippen LogP contribution < -0.4 is 4.90 Å². The maximum absolute atomic E-state index is 9.09. The first-order valence-electron chi connectivity index (χ1n) is 8.21. The number of aromatic nitrogens is 2. The molecule has 0 atom stereocenters. The van der Waals surface area contributed by atoms with Gasteiger partial charge in [-0.3, -0.25) is 4.90 Å². The van der Waals surface area contributed by atoms with E-state index in [4.69, 9.17) is 10.2 Å². The summed E-state index contributed by atoms with van der Waals surface area (Å²) < 4.78 is 0. The van der Waals surface area contributed by atoms with Gasteiger partial charge in [0, 0.05) is 32.7 Å². The zero-order chi connectivity index (χ0) is 16.8. The van der Waals surface area contributed by atoms with E-state index < -0.39 is 0 Å². The highest BCUT2D eigenvalue weighted by atomic mass is 16.3. The summed E-state index contributed by atoms with van der Waals surface area (Å²) in [4.78, 5) is 12.4. The van der Waals surface area contributed by atoms with Gasteiger partial charge in [-0.1, -0.05) is 48.0 Å². The van der Waals surface area contributed by atoms with E-state index in [9.17, 15) is 0 Å². The van der Waals surface area contributed by atoms with Crippen LogP contribution in [0.1, 0.15) is 48.0 Å². The van der Waals surface area contributed by atoms with Gasteiger partial charge in [0.25, 0.3) is 0 Å². The van der Waals surface area contributed by atoms with Gasteiger partial charge in [0.15, 0.2) is 5.75 Å². The quantitative estimate of drug-likeness (QED) is 0.889. The fourth-order valence-corrected chi connectivity index (χ4v) is 1.79. The van der Waals surface area contributed by atoms with Gasteiger partial charge in [0.2, 0.25) is 5.95 Å². The molecular weight excluding hydrogens is 292 g/mol. The highest BCUT2D eigenvalue weighted by Gasteiger charge is 2.18. The molecule has 6 heteroatoms. The Morgan fingerprint density at radius 3 is 1.78 bits per heavy atom. The van der Waals surface area contributed by atoms with Crippen LogP contribution in [0.3, 0.4) is 0 Å². The van der Waals surface area contributed by atoms with Crippen LogP contribution in [0.15, 0.2) is 12.4 Å². The highest BCUT2D eigenvalue weighted by Crippen LogP contribution is 2.12. The third kappa shape index (κ3) is 10.9. The van der Waals surface area contributed by atoms with Gasteiger partial charge in [0.1, 0.15) is 0 Å². The van der Waals surface area contributed by atoms with Crippen molar-refractivity contribution in [2.24, 2.45) is 0 Å². The van der Waals surface area contributed by atoms with Gasteiger partial charge in [0.05, 0.1) is 19.0 Å². The van der Waals surface area contributed by atoms with Crippen molar-refractivity contribution in [1.29, 1.82) is 0 Å². The van der Waals surface area contributed by atoms with E-state index in [2.05, 4.69) is 47.5 Å². The van der Waals surface area contributed by atoms with Crippen molar-refractivity contribution in [2.75, 3.05) is 44.2 Å². The van der Waals surface area contributed by atoms with E-state index >= 15 is 0 Å². The van der Waals surface area contributed by atoms with E-state index in [1.165, 1.54) is 25.2 Å². The topological polar surface area (TPSA) is 72.7 Å². The predicted molar refractivity (Wildman–Crippen MR) is 98.1 cm³/mol. The molecule has 0 aromatic carbocycles. The number of hydrogen-bond acceptors (Lipinski definition) is 6. The van der Waals surface area contributed by atoms with Crippen LogP contribution in [0.4, 0.5) is 5.95 Å². The van der Waals surface area contributed by atoms with Crippen LogP contribution in [0.2, 0.25) is 0 Å². The fourth-order valence-electron chi connectivity index (χ4n) is 1.79. The minimum Gasteiger partial charge on any atom is -0.505 e. The van der Waals surface area contributed by atoms with Crippen LogP contribution in [-0.2, 0) is 0 Å². The minimum absolute atomic E-state index is 0. The van der Waals surface area contributed by atoms with Gasteiger partial charge >= 0.3 is 0 Å². The molecule has 1 aromatic heterocycles. The van der Waals surface area contributed by atoms with Crippen molar-refractivity contribution >= 4 is 5.95 Å². The van der Waals surface area contributed by atoms with Crippen molar-refractivity contribution in [3.63, 3.8) is 0 Å². The Labute approximate surface area is 142 Å². The van der Waals surface area contributed by atoms with E-state index in [0.717, 1.165) is 32.7 Å². The average Bonchev–Trinajstić information content (AvgIpc) is 2.51. The Morgan fingerprint density at radius 2 is 1.39 bits per heavy atom. The van der Waals surface area contributed by atoms with E-state index in [0.29, 0.717) is 5.95 Å². The Morgan fingerprint density at radius 1 is 0.957 bits per heavy atom. The normalized spacial score (nSPS) is 13.9. The summed E-state index contributed by atoms with van der Waals surface area (Å²) in [5, 5.41) is 17.9. The number of aliphatic hydroxyl groups is 1. The molecule has 2 N–H and O–H groups in total. The molecule has 23 heavy (non-hydrogen) atoms. The Kier molecular flexibility index (Phi) is 16.1. The molecule has 1 aromatic rings. The fraction of sp³-hybridized carbons (Fsp3) is 0.765. The molecule has 136 valence electrons. The number of β-amino-alcohol motifs (C(OH)–C–C–N with tert-alkyl or cyclic N) is 1. The van der Waals surface area contributed by atoms with Crippen LogP contribution in [0, 0.1) is 0 Å². The second-order valence-electron chi connectivity index (χ2n) is 5.21. The zero-order valence-electron chi connectivity index (χ0n) is 14.5. The molecule has 0 spiro atoms. The molecular formula is C17H36N4O2. The molecule has 0 bridgehead atoms. The van der Waals surface area contributed by atoms with Crippen LogP contribution in [0.5, 0.6) is 5.75 Å². The summed E-state index contributed by atoms with van der Waals surface area (Å²) in [5.74, 6) is 0.740. The first-order chi connectivity index (χ1) is 10.6. The zero-order valence-corrected chi connectivity index (χ0v) is 14.5. The number of piperazine rings is 1. The molecule has 0 aliphatic carbocycles. The third-order valence-electron chi connectivity index (χ3n) is 2.70. The summed E-state index contributed by atoms with van der Waals surface area (Å²) >= 11 is 0. The van der Waals surface area contributed by atoms with E-state index in [-0.39, 0.29) is 19.8 Å². The molecule has 1 aliphatic rings. The minimum atomic E-state index is 0. The molecule has 1 aliphatic heterocycles. The van der Waals surface area contributed by atoms with E-state index in [1.807, 2.05) is 0 Å². The molecule has 0 unspecified atom stereocenters. The predicted octanol–water partition coefficient (Wildman–Crippen LogP) is 2.77. The maximum Gasteiger partial charge on any atom is 0.225 e. The molecule has 1 fully saturated rings. The highest BCUT2D eigenvalue weighted by molar-refractivity contribution is 5.31. The SMILES string of the molecule is C.CCC.CCC.OCCN1CCN(c2ncc(O)cn2)CC1. The third-order valence-corrected chi connectivity index (χ3v) is 2.70. The van der Waals surface area contributed by atoms with Crippen molar-refractivity contribution in [1.82, 2.24) is 14.9 Å². The Hall–Kier alpha value is -1.40. The summed E-state index contributed by atoms with van der Waals surface area (Å²) in [6, 6.07) is 0. The number of hydrogen-bond donors (Lipinski definition) is 2. The molecule has 2 rings (SSSR count). The van der Waals surface area contributed by atoms with Crippen LogP contribution >= 0.6 is 0 Å². The van der Waals surface area contributed by atoms with Gasteiger partial charge in [-0.2, -0.15) is 0 Å². The van der Waals surface area contributed by atoms with E-state index in [1.54, 1.807) is 0 Å². The summed E-state index contributed by atoms with van der Waals surface area (Å²) in [6.45, 7) is 12.9. The van der Waals surface area contributed by atoms with Crippen LogP contribution in [0.25, 0.3) is 0 Å². The lowest BCUT2D eigenvalue weighted by Gasteiger charge is -2.34. The largest absolute Gasteiger partial charge is 0.505 e. The molecule has 6 nitrogen and oxygen atoms in total. The summed E-state index contributed by atoms with van der Waals surface area (Å²) in [5.41, 5.74) is 0. The Balaban J connectivity index is 0. The monoisotopic (exact) mass is 328 g/mol. The van der Waals surface area contributed by atoms with Gasteiger partial charge < -0.3 is 15.1 Å². The Bertz CT molecular complexity index is 350. The van der Waals surface area contributed by atoms with Gasteiger partial charge in [-0.25, -0.2) is 9.97 Å². The van der Waals surface area contributed by atoms with Crippen molar-refractivity contribution in [2.45, 2.75) is 48.0 Å². The lowest BCUT2D eigenvalue weighted by atomic mass is 10.3. The molecule has 2 heterocycles. The summed E-state index contributed by atoms with van der Waals surface area (Å²) in [6.07, 6.45) is 5.31. The standard InChI is InChI=1S/C10H16N4O2.2C3H8.CH4/c15-6-5-13-1-3-14(4-2-13)10-11-7-9(16)8-12-10;2*1-3-2;/h7-8,15-16H,1-6H2;2*3H2,1-2H3;1H4. The molecule has 0 radical (unpaired) electrons. The number of aliphatic hydroxyl groups excluding tert-OH is 1. The number of nitrogens with zero attached hydrogens (tertiary/aromatic N) is 4. The number of rotatable bonds is 3. The first kappa shape index (κ1) is 23.9. The van der Waals surface area contributed by atoms with Crippen molar-refractivity contribution in [3.05, 3.63) is 12.4 Å². The average molecular weight is 329 g/mol. The van der Waals surface area contributed by atoms with Gasteiger partial charge in [-0.05, 0) is 0 Å². The number of anilines is 1. The molecule has 0 amide bonds. The molecule has 1 saturated heterocycles. The first-order valence-corrected chi connectivity index (χ1v) is 8.21. The van der Waals surface area contributed by atoms with Gasteiger partial charge in [-0.15, -0.1) is 0 Å². The summed E-state index contributed by atoms with van der Waals surface area (Å²) in [7, 11) is 0. The lowest BCUT2D eigenvalue weighted by Crippen LogP contribution is -2.47. The second-order valence-corrected chi connectivity index (χ2v) is 5.21. The van der Waals surface area contributed by atoms with Crippen molar-refractivity contribution < 1.29 is 10.2 Å². The van der Waals surface area contributed by atoms with Crippen molar-refractivity contribution in [3.8, 4) is 5.75 Å².